The van der Waals surface area contributed by atoms with Crippen LogP contribution in [0.5, 0.6) is 0 Å². The molecule has 1 aromatic heterocycles. The predicted octanol–water partition coefficient (Wildman–Crippen LogP) is 9.80. The zero-order valence-electron chi connectivity index (χ0n) is 28.4. The van der Waals surface area contributed by atoms with Gasteiger partial charge in [0, 0.05) is 17.2 Å². The molecular weight excluding hydrogens is 643 g/mol. The smallest absolute Gasteiger partial charge is 0.320 e. The summed E-state index contributed by atoms with van der Waals surface area (Å²) in [4.78, 5) is 17.7. The molecule has 2 aliphatic carbocycles. The third-order valence-electron chi connectivity index (χ3n) is 10.3. The average molecular weight is 687 g/mol. The van der Waals surface area contributed by atoms with E-state index < -0.39 is 7.82 Å². The molecule has 0 spiro atoms. The van der Waals surface area contributed by atoms with Crippen LogP contribution in [0.3, 0.4) is 0 Å². The summed E-state index contributed by atoms with van der Waals surface area (Å²) in [6.07, 6.45) is 6.40. The van der Waals surface area contributed by atoms with Crippen molar-refractivity contribution in [2.75, 3.05) is 5.32 Å². The number of hydrogen-bond donors (Lipinski definition) is 1. The van der Waals surface area contributed by atoms with E-state index in [4.69, 9.17) is 13.6 Å². The number of phosphoric acid groups is 1. The van der Waals surface area contributed by atoms with E-state index in [0.29, 0.717) is 17.7 Å². The fraction of sp³-hybridized carbons (Fsp3) is 0.286. The van der Waals surface area contributed by atoms with Crippen LogP contribution in [0.1, 0.15) is 69.6 Å². The van der Waals surface area contributed by atoms with Crippen molar-refractivity contribution in [3.63, 3.8) is 0 Å². The van der Waals surface area contributed by atoms with Crippen molar-refractivity contribution in [3.05, 3.63) is 167 Å². The third-order valence-corrected chi connectivity index (χ3v) is 11.7. The Bertz CT molecular complexity index is 1910. The number of phosphoric ester groups is 1. The van der Waals surface area contributed by atoms with Crippen molar-refractivity contribution >= 4 is 19.4 Å². The fourth-order valence-corrected chi connectivity index (χ4v) is 9.09. The molecule has 3 atom stereocenters. The minimum atomic E-state index is -3.92. The van der Waals surface area contributed by atoms with E-state index in [9.17, 15) is 9.36 Å². The molecule has 7 nitrogen and oxygen atoms in total. The quantitative estimate of drug-likeness (QED) is 0.132. The number of benzene rings is 4. The Balaban J connectivity index is 1.13. The van der Waals surface area contributed by atoms with E-state index in [-0.39, 0.29) is 36.6 Å². The highest BCUT2D eigenvalue weighted by atomic mass is 31.2. The molecule has 1 heterocycles. The zero-order valence-corrected chi connectivity index (χ0v) is 29.3. The van der Waals surface area contributed by atoms with Gasteiger partial charge in [0.25, 0.3) is 5.91 Å². The van der Waals surface area contributed by atoms with Crippen molar-refractivity contribution in [1.82, 2.24) is 4.98 Å². The SMILES string of the molecule is Cc1ncccc1NC(=O)c1ccc2c(c1)CCC1C[C@H](OP(=O)(OCc3ccccc3)OCc3ccccc3)CC[C@@]21Cc1ccccc1. The fourth-order valence-electron chi connectivity index (χ4n) is 7.72. The van der Waals surface area contributed by atoms with Gasteiger partial charge in [-0.1, -0.05) is 97.1 Å². The molecule has 0 bridgehead atoms. The van der Waals surface area contributed by atoms with E-state index in [1.807, 2.05) is 85.8 Å². The van der Waals surface area contributed by atoms with Crippen LogP contribution in [0.4, 0.5) is 5.69 Å². The molecule has 8 heteroatoms. The first-order chi connectivity index (χ1) is 24.4. The summed E-state index contributed by atoms with van der Waals surface area (Å²) in [5.74, 6) is 0.144. The van der Waals surface area contributed by atoms with Crippen LogP contribution in [-0.4, -0.2) is 17.0 Å². The maximum absolute atomic E-state index is 14.3. The highest BCUT2D eigenvalue weighted by molar-refractivity contribution is 7.48. The number of pyridine rings is 1. The zero-order chi connectivity index (χ0) is 34.4. The number of nitrogens with zero attached hydrogens (tertiary/aromatic N) is 1. The summed E-state index contributed by atoms with van der Waals surface area (Å²) < 4.78 is 32.7. The van der Waals surface area contributed by atoms with Crippen LogP contribution in [0, 0.1) is 12.8 Å². The summed E-state index contributed by atoms with van der Waals surface area (Å²) in [6.45, 7) is 2.15. The molecule has 1 saturated carbocycles. The summed E-state index contributed by atoms with van der Waals surface area (Å²) in [5, 5.41) is 3.04. The first-order valence-corrected chi connectivity index (χ1v) is 18.9. The van der Waals surface area contributed by atoms with Crippen LogP contribution < -0.4 is 5.32 Å². The third kappa shape index (κ3) is 7.82. The van der Waals surface area contributed by atoms with Crippen LogP contribution in [0.15, 0.2) is 128 Å². The number of carbonyl (C=O) groups is 1. The van der Waals surface area contributed by atoms with Crippen LogP contribution >= 0.6 is 7.82 Å². The number of rotatable bonds is 12. The van der Waals surface area contributed by atoms with Gasteiger partial charge < -0.3 is 5.32 Å². The molecule has 1 fully saturated rings. The highest BCUT2D eigenvalue weighted by Gasteiger charge is 2.49. The molecular formula is C42H43N2O5P. The minimum absolute atomic E-state index is 0.130. The van der Waals surface area contributed by atoms with Crippen molar-refractivity contribution in [1.29, 1.82) is 0 Å². The molecule has 1 amide bonds. The lowest BCUT2D eigenvalue weighted by Gasteiger charge is -2.51. The summed E-state index contributed by atoms with van der Waals surface area (Å²) in [5.41, 5.74) is 7.59. The summed E-state index contributed by atoms with van der Waals surface area (Å²) >= 11 is 0. The number of carbonyl (C=O) groups excluding carboxylic acids is 1. The van der Waals surface area contributed by atoms with Gasteiger partial charge in [0.05, 0.1) is 30.7 Å². The largest absolute Gasteiger partial charge is 0.475 e. The van der Waals surface area contributed by atoms with Gasteiger partial charge >= 0.3 is 7.82 Å². The van der Waals surface area contributed by atoms with Gasteiger partial charge in [0.15, 0.2) is 0 Å². The van der Waals surface area contributed by atoms with Crippen LogP contribution in [0.25, 0.3) is 0 Å². The van der Waals surface area contributed by atoms with Gasteiger partial charge in [0.1, 0.15) is 0 Å². The monoisotopic (exact) mass is 686 g/mol. The number of aryl methyl sites for hydroxylation is 2. The number of aromatic nitrogens is 1. The van der Waals surface area contributed by atoms with E-state index in [2.05, 4.69) is 52.8 Å². The number of amides is 1. The van der Waals surface area contributed by atoms with E-state index in [0.717, 1.165) is 48.9 Å². The number of hydrogen-bond acceptors (Lipinski definition) is 6. The van der Waals surface area contributed by atoms with Gasteiger partial charge in [-0.3, -0.25) is 23.3 Å². The normalized spacial score (nSPS) is 20.0. The molecule has 0 aliphatic heterocycles. The molecule has 4 aromatic carbocycles. The van der Waals surface area contributed by atoms with Gasteiger partial charge in [-0.15, -0.1) is 0 Å². The Morgan fingerprint density at radius 3 is 2.10 bits per heavy atom. The molecule has 50 heavy (non-hydrogen) atoms. The van der Waals surface area contributed by atoms with Crippen molar-refractivity contribution in [3.8, 4) is 0 Å². The second-order valence-corrected chi connectivity index (χ2v) is 15.1. The second kappa shape index (κ2) is 15.2. The lowest BCUT2D eigenvalue weighted by molar-refractivity contribution is 0.0147. The second-order valence-electron chi connectivity index (χ2n) is 13.5. The number of anilines is 1. The number of nitrogens with one attached hydrogen (secondary N) is 1. The lowest BCUT2D eigenvalue weighted by Crippen LogP contribution is -2.47. The van der Waals surface area contributed by atoms with E-state index in [1.165, 1.54) is 16.7 Å². The van der Waals surface area contributed by atoms with Gasteiger partial charge in [-0.05, 0) is 103 Å². The van der Waals surface area contributed by atoms with Crippen molar-refractivity contribution in [2.24, 2.45) is 5.92 Å². The van der Waals surface area contributed by atoms with Crippen molar-refractivity contribution in [2.45, 2.75) is 70.2 Å². The molecule has 1 unspecified atom stereocenters. The topological polar surface area (TPSA) is 86.8 Å². The van der Waals surface area contributed by atoms with Crippen molar-refractivity contribution < 1.29 is 22.9 Å². The summed E-state index contributed by atoms with van der Waals surface area (Å²) in [7, 11) is -3.92. The lowest BCUT2D eigenvalue weighted by atomic mass is 9.54. The predicted molar refractivity (Wildman–Crippen MR) is 196 cm³/mol. The number of fused-ring (bicyclic) bond motifs is 3. The Morgan fingerprint density at radius 2 is 1.46 bits per heavy atom. The van der Waals surface area contributed by atoms with E-state index in [1.54, 1.807) is 6.20 Å². The first-order valence-electron chi connectivity index (χ1n) is 17.4. The van der Waals surface area contributed by atoms with Gasteiger partial charge in [-0.2, -0.15) is 0 Å². The van der Waals surface area contributed by atoms with Crippen LogP contribution in [0.2, 0.25) is 0 Å². The molecule has 7 rings (SSSR count). The van der Waals surface area contributed by atoms with Crippen LogP contribution in [-0.2, 0) is 49.6 Å². The Kier molecular flexibility index (Phi) is 10.4. The van der Waals surface area contributed by atoms with E-state index >= 15 is 0 Å². The minimum Gasteiger partial charge on any atom is -0.320 e. The molecule has 1 N–H and O–H groups in total. The molecule has 5 aromatic rings. The average Bonchev–Trinajstić information content (AvgIpc) is 3.15. The van der Waals surface area contributed by atoms with Gasteiger partial charge in [-0.25, -0.2) is 4.57 Å². The maximum Gasteiger partial charge on any atom is 0.475 e. The van der Waals surface area contributed by atoms with Gasteiger partial charge in [0.2, 0.25) is 0 Å². The molecule has 0 radical (unpaired) electrons. The maximum atomic E-state index is 14.3. The Hall–Kier alpha value is -4.39. The Labute approximate surface area is 294 Å². The summed E-state index contributed by atoms with van der Waals surface area (Å²) in [6, 6.07) is 39.9. The molecule has 2 aliphatic rings. The standard InChI is InChI=1S/C42H43N2O5P/c1-31-40(18-11-25-43-31)44-41(45)36-20-22-39-35(26-36)19-21-37-27-38(23-24-42(37,39)28-32-12-5-2-6-13-32)49-50(46,47-29-33-14-7-3-8-15-33)48-30-34-16-9-4-10-17-34/h2-18,20,22,25-26,37-38H,19,21,23-24,27-30H2,1H3,(H,44,45)/t37?,38-,42+/m1/s1. The molecule has 0 saturated heterocycles. The highest BCUT2D eigenvalue weighted by Crippen LogP contribution is 2.58. The Morgan fingerprint density at radius 1 is 0.820 bits per heavy atom. The first kappa shape index (κ1) is 34.1. The molecule has 256 valence electrons.